The summed E-state index contributed by atoms with van der Waals surface area (Å²) >= 11 is 12.5. The minimum Gasteiger partial charge on any atom is -0.489 e. The van der Waals surface area contributed by atoms with Crippen molar-refractivity contribution in [2.75, 3.05) is 32.4 Å². The van der Waals surface area contributed by atoms with Crippen LogP contribution in [-0.4, -0.2) is 63.4 Å². The van der Waals surface area contributed by atoms with Gasteiger partial charge in [-0.05, 0) is 55.5 Å². The Kier molecular flexibility index (Phi) is 8.96. The summed E-state index contributed by atoms with van der Waals surface area (Å²) in [5.74, 6) is 0.576. The quantitative estimate of drug-likeness (QED) is 0.267. The number of aromatic amines is 1. The molecular weight excluding hydrogens is 549 g/mol. The summed E-state index contributed by atoms with van der Waals surface area (Å²) in [6.45, 7) is 7.04. The van der Waals surface area contributed by atoms with Crippen LogP contribution < -0.4 is 15.6 Å². The van der Waals surface area contributed by atoms with Crippen LogP contribution in [0.3, 0.4) is 0 Å². The summed E-state index contributed by atoms with van der Waals surface area (Å²) in [5, 5.41) is 4.85. The number of pyridine rings is 1. The summed E-state index contributed by atoms with van der Waals surface area (Å²) in [6, 6.07) is 8.17. The molecule has 2 aromatic carbocycles. The van der Waals surface area contributed by atoms with Crippen LogP contribution >= 0.6 is 33.8 Å². The summed E-state index contributed by atoms with van der Waals surface area (Å²) < 4.78 is 26.0. The molecule has 4 rings (SSSR count). The van der Waals surface area contributed by atoms with Crippen molar-refractivity contribution in [3.05, 3.63) is 68.1 Å². The molecule has 11 heteroatoms. The van der Waals surface area contributed by atoms with Crippen LogP contribution in [0.1, 0.15) is 35.7 Å². The van der Waals surface area contributed by atoms with Crippen molar-refractivity contribution in [3.63, 3.8) is 0 Å². The zero-order valence-corrected chi connectivity index (χ0v) is 23.9. The molecule has 1 aliphatic rings. The zero-order valence-electron chi connectivity index (χ0n) is 21.6. The smallest absolute Gasteiger partial charge is 0.255 e. The third kappa shape index (κ3) is 6.65. The molecule has 1 aromatic heterocycles. The molecule has 0 spiro atoms. The van der Waals surface area contributed by atoms with Gasteiger partial charge in [0.15, 0.2) is 0 Å². The van der Waals surface area contributed by atoms with Crippen LogP contribution in [0.15, 0.2) is 46.2 Å². The van der Waals surface area contributed by atoms with E-state index in [1.165, 1.54) is 24.6 Å². The largest absolute Gasteiger partial charge is 0.489 e. The molecule has 38 heavy (non-hydrogen) atoms. The fourth-order valence-corrected chi connectivity index (χ4v) is 5.73. The second-order valence-electron chi connectivity index (χ2n) is 9.99. The van der Waals surface area contributed by atoms with Crippen molar-refractivity contribution in [2.24, 2.45) is 5.92 Å². The maximum atomic E-state index is 13.0. The number of nitrogens with zero attached hydrogens (tertiary/aromatic N) is 1. The zero-order chi connectivity index (χ0) is 27.6. The van der Waals surface area contributed by atoms with E-state index < -0.39 is 16.1 Å². The third-order valence-electron chi connectivity index (χ3n) is 6.86. The van der Waals surface area contributed by atoms with Gasteiger partial charge in [0.1, 0.15) is 11.9 Å². The van der Waals surface area contributed by atoms with Crippen molar-refractivity contribution < 1.29 is 18.6 Å². The minimum atomic E-state index is -2.98. The highest BCUT2D eigenvalue weighted by Gasteiger charge is 2.23. The van der Waals surface area contributed by atoms with Crippen LogP contribution in [0.4, 0.5) is 0 Å². The number of halogens is 2. The topological polar surface area (TPSA) is 115 Å². The number of hydrogen-bond acceptors (Lipinski definition) is 6. The van der Waals surface area contributed by atoms with E-state index in [9.17, 15) is 18.7 Å². The van der Waals surface area contributed by atoms with Crippen LogP contribution in [-0.2, 0) is 0 Å². The molecule has 3 aromatic rings. The Labute approximate surface area is 233 Å². The van der Waals surface area contributed by atoms with Gasteiger partial charge in [-0.2, -0.15) is 10.6 Å². The predicted molar refractivity (Wildman–Crippen MR) is 154 cm³/mol. The van der Waals surface area contributed by atoms with Crippen LogP contribution in [0.5, 0.6) is 5.75 Å². The maximum Gasteiger partial charge on any atom is 0.255 e. The van der Waals surface area contributed by atoms with Gasteiger partial charge in [-0.3, -0.25) is 18.7 Å². The van der Waals surface area contributed by atoms with Gasteiger partial charge in [-0.1, -0.05) is 36.2 Å². The monoisotopic (exact) mass is 581 g/mol. The van der Waals surface area contributed by atoms with Gasteiger partial charge >= 0.3 is 0 Å². The van der Waals surface area contributed by atoms with E-state index in [2.05, 4.69) is 22.1 Å². The Hall–Kier alpha value is -2.27. The van der Waals surface area contributed by atoms with Gasteiger partial charge in [0, 0.05) is 54.4 Å². The lowest BCUT2D eigenvalue weighted by Crippen LogP contribution is -2.42. The third-order valence-corrected chi connectivity index (χ3v) is 8.88. The van der Waals surface area contributed by atoms with Gasteiger partial charge in [-0.25, -0.2) is 0 Å². The second kappa shape index (κ2) is 11.9. The van der Waals surface area contributed by atoms with Gasteiger partial charge < -0.3 is 19.9 Å². The number of aromatic nitrogens is 1. The van der Waals surface area contributed by atoms with Gasteiger partial charge in [0.05, 0.1) is 15.5 Å². The number of ether oxygens (including phenoxy) is 1. The Morgan fingerprint density at radius 1 is 1.21 bits per heavy atom. The van der Waals surface area contributed by atoms with Crippen molar-refractivity contribution in [2.45, 2.75) is 37.7 Å². The number of rotatable bonds is 8. The standard InChI is InChI=1S/C27H33Cl2N3O5S/c1-16(15-32-10-8-18(9-11-32)37-24-7-6-23(28)17(2)25(24)29)13-30-27(34)22-14-31-26(33)21-12-19(38(3,35)36)4-5-20(21)22/h4-7,12,14,16,18,35-36H,8-11,13,15H2,1-3H3,(H,30,34)(H,31,33)/t16-/m1/s1. The van der Waals surface area contributed by atoms with E-state index in [4.69, 9.17) is 27.9 Å². The SMILES string of the molecule is Cc1c(Cl)ccc(OC2CCN(C[C@H](C)CNC(=O)c3c[nH]c(=O)c4cc(S(C)(O)O)ccc34)CC2)c1Cl. The number of benzene rings is 2. The Bertz CT molecular complexity index is 1380. The lowest BCUT2D eigenvalue weighted by Gasteiger charge is -2.34. The number of carbonyl (C=O) groups excluding carboxylic acids is 1. The fourth-order valence-electron chi connectivity index (χ4n) is 4.65. The first-order chi connectivity index (χ1) is 17.9. The molecule has 0 saturated carbocycles. The molecule has 4 N–H and O–H groups in total. The molecule has 1 saturated heterocycles. The fraction of sp³-hybridized carbons (Fsp3) is 0.407. The average Bonchev–Trinajstić information content (AvgIpc) is 2.88. The summed E-state index contributed by atoms with van der Waals surface area (Å²) in [6.07, 6.45) is 4.54. The molecular formula is C27H33Cl2N3O5S. The first kappa shape index (κ1) is 28.7. The maximum absolute atomic E-state index is 13.0. The molecule has 0 unspecified atom stereocenters. The molecule has 1 fully saturated rings. The first-order valence-corrected chi connectivity index (χ1v) is 15.2. The number of piperidine rings is 1. The van der Waals surface area contributed by atoms with Crippen molar-refractivity contribution >= 4 is 50.5 Å². The highest BCUT2D eigenvalue weighted by atomic mass is 35.5. The van der Waals surface area contributed by atoms with E-state index in [1.807, 2.05) is 13.0 Å². The van der Waals surface area contributed by atoms with E-state index >= 15 is 0 Å². The van der Waals surface area contributed by atoms with E-state index in [-0.39, 0.29) is 28.2 Å². The minimum absolute atomic E-state index is 0.0875. The van der Waals surface area contributed by atoms with Gasteiger partial charge in [-0.15, -0.1) is 0 Å². The van der Waals surface area contributed by atoms with Crippen molar-refractivity contribution in [1.29, 1.82) is 0 Å². The first-order valence-electron chi connectivity index (χ1n) is 12.4. The van der Waals surface area contributed by atoms with Crippen LogP contribution in [0.2, 0.25) is 10.0 Å². The second-order valence-corrected chi connectivity index (χ2v) is 12.9. The molecule has 1 atom stereocenters. The van der Waals surface area contributed by atoms with E-state index in [1.54, 1.807) is 12.1 Å². The lowest BCUT2D eigenvalue weighted by molar-refractivity contribution is 0.0886. The van der Waals surface area contributed by atoms with Gasteiger partial charge in [0.25, 0.3) is 11.5 Å². The van der Waals surface area contributed by atoms with Crippen LogP contribution in [0, 0.1) is 12.8 Å². The molecule has 0 bridgehead atoms. The number of fused-ring (bicyclic) bond motifs is 1. The number of H-pyrrole nitrogens is 1. The molecule has 2 heterocycles. The molecule has 206 valence electrons. The molecule has 1 aliphatic heterocycles. The molecule has 8 nitrogen and oxygen atoms in total. The highest BCUT2D eigenvalue weighted by Crippen LogP contribution is 2.44. The molecule has 0 radical (unpaired) electrons. The van der Waals surface area contributed by atoms with Crippen molar-refractivity contribution in [3.8, 4) is 5.75 Å². The predicted octanol–water partition coefficient (Wildman–Crippen LogP) is 5.79. The summed E-state index contributed by atoms with van der Waals surface area (Å²) in [7, 11) is -2.98. The number of amides is 1. The van der Waals surface area contributed by atoms with E-state index in [0.717, 1.165) is 38.0 Å². The Morgan fingerprint density at radius 2 is 1.92 bits per heavy atom. The highest BCUT2D eigenvalue weighted by molar-refractivity contribution is 8.23. The average molecular weight is 583 g/mol. The number of nitrogens with one attached hydrogen (secondary N) is 2. The molecule has 1 amide bonds. The van der Waals surface area contributed by atoms with Gasteiger partial charge in [0.2, 0.25) is 0 Å². The van der Waals surface area contributed by atoms with Crippen LogP contribution in [0.25, 0.3) is 10.8 Å². The molecule has 0 aliphatic carbocycles. The Balaban J connectivity index is 1.29. The normalized spacial score (nSPS) is 16.4. The van der Waals surface area contributed by atoms with Crippen molar-refractivity contribution in [1.82, 2.24) is 15.2 Å². The number of carbonyl (C=O) groups is 1. The summed E-state index contributed by atoms with van der Waals surface area (Å²) in [4.78, 5) is 30.5. The van der Waals surface area contributed by atoms with E-state index in [0.29, 0.717) is 33.3 Å². The number of likely N-dealkylation sites (tertiary alicyclic amines) is 1. The Morgan fingerprint density at radius 3 is 2.61 bits per heavy atom. The lowest BCUT2D eigenvalue weighted by atomic mass is 10.0. The number of hydrogen-bond donors (Lipinski definition) is 4. The summed E-state index contributed by atoms with van der Waals surface area (Å²) in [5.41, 5.74) is 0.759.